The first-order valence-corrected chi connectivity index (χ1v) is 7.01. The van der Waals surface area contributed by atoms with Crippen LogP contribution in [0.2, 0.25) is 0 Å². The Hall–Kier alpha value is -2.12. The Balaban J connectivity index is 1.95. The summed E-state index contributed by atoms with van der Waals surface area (Å²) in [6.07, 6.45) is 1.50. The zero-order valence-corrected chi connectivity index (χ0v) is 12.9. The molecule has 2 N–H and O–H groups in total. The van der Waals surface area contributed by atoms with Crippen LogP contribution in [0.1, 0.15) is 18.2 Å². The summed E-state index contributed by atoms with van der Waals surface area (Å²) < 4.78 is 39.2. The van der Waals surface area contributed by atoms with Crippen molar-refractivity contribution >= 4 is 0 Å². The molecule has 1 heterocycles. The molecule has 1 aromatic heterocycles. The fraction of sp³-hybridized carbons (Fsp3) is 0.375. The fourth-order valence-electron chi connectivity index (χ4n) is 2.14. The first-order chi connectivity index (χ1) is 10.9. The van der Waals surface area contributed by atoms with Gasteiger partial charge in [0.2, 0.25) is 0 Å². The van der Waals surface area contributed by atoms with Crippen LogP contribution in [0.15, 0.2) is 41.0 Å². The normalized spacial score (nSPS) is 13.8. The van der Waals surface area contributed by atoms with Gasteiger partial charge in [-0.2, -0.15) is 8.78 Å². The molecule has 2 rings (SSSR count). The fourth-order valence-corrected chi connectivity index (χ4v) is 2.14. The van der Waals surface area contributed by atoms with Gasteiger partial charge < -0.3 is 24.3 Å². The van der Waals surface area contributed by atoms with Crippen LogP contribution in [0.3, 0.4) is 0 Å². The van der Waals surface area contributed by atoms with Crippen LogP contribution in [0.25, 0.3) is 0 Å². The Morgan fingerprint density at radius 2 is 2.09 bits per heavy atom. The minimum atomic E-state index is -2.91. The molecule has 1 atom stereocenters. The summed E-state index contributed by atoms with van der Waals surface area (Å²) in [5, 5.41) is 13.4. The Kier molecular flexibility index (Phi) is 5.57. The van der Waals surface area contributed by atoms with Crippen molar-refractivity contribution in [3.8, 4) is 11.5 Å². The van der Waals surface area contributed by atoms with Gasteiger partial charge in [-0.05, 0) is 36.8 Å². The summed E-state index contributed by atoms with van der Waals surface area (Å²) in [6.45, 7) is -0.588. The van der Waals surface area contributed by atoms with Gasteiger partial charge in [0.1, 0.15) is 11.4 Å². The van der Waals surface area contributed by atoms with Gasteiger partial charge in [0.05, 0.1) is 13.4 Å². The van der Waals surface area contributed by atoms with Crippen LogP contribution in [0.4, 0.5) is 8.78 Å². The number of aliphatic hydroxyl groups is 1. The third-order valence-corrected chi connectivity index (χ3v) is 3.29. The summed E-state index contributed by atoms with van der Waals surface area (Å²) >= 11 is 0. The average Bonchev–Trinajstić information content (AvgIpc) is 3.03. The number of rotatable bonds is 8. The molecule has 2 aromatic rings. The van der Waals surface area contributed by atoms with Crippen molar-refractivity contribution in [2.24, 2.45) is 0 Å². The molecule has 0 bridgehead atoms. The van der Waals surface area contributed by atoms with E-state index in [-0.39, 0.29) is 18.0 Å². The van der Waals surface area contributed by atoms with Crippen LogP contribution >= 0.6 is 0 Å². The Morgan fingerprint density at radius 3 is 2.70 bits per heavy atom. The first kappa shape index (κ1) is 17.2. The smallest absolute Gasteiger partial charge is 0.387 e. The van der Waals surface area contributed by atoms with E-state index in [1.807, 2.05) is 0 Å². The van der Waals surface area contributed by atoms with Gasteiger partial charge in [-0.1, -0.05) is 6.07 Å². The van der Waals surface area contributed by atoms with Gasteiger partial charge in [-0.15, -0.1) is 0 Å². The lowest BCUT2D eigenvalue weighted by atomic mass is 10.0. The Bertz CT molecular complexity index is 615. The Labute approximate surface area is 132 Å². The molecule has 126 valence electrons. The minimum absolute atomic E-state index is 0.0196. The molecule has 1 unspecified atom stereocenters. The second-order valence-corrected chi connectivity index (χ2v) is 5.22. The number of alkyl halides is 2. The summed E-state index contributed by atoms with van der Waals surface area (Å²) in [4.78, 5) is 0. The van der Waals surface area contributed by atoms with E-state index >= 15 is 0 Å². The number of ether oxygens (including phenoxy) is 2. The topological polar surface area (TPSA) is 63.9 Å². The molecule has 0 amide bonds. The monoisotopic (exact) mass is 327 g/mol. The molecule has 0 aliphatic carbocycles. The summed E-state index contributed by atoms with van der Waals surface area (Å²) in [5.74, 6) is 0.666. The quantitative estimate of drug-likeness (QED) is 0.780. The van der Waals surface area contributed by atoms with E-state index < -0.39 is 12.2 Å². The summed E-state index contributed by atoms with van der Waals surface area (Å²) in [5.41, 5.74) is -0.342. The maximum Gasteiger partial charge on any atom is 0.387 e. The molecule has 0 saturated carbocycles. The second-order valence-electron chi connectivity index (χ2n) is 5.22. The number of methoxy groups -OCH3 is 1. The van der Waals surface area contributed by atoms with E-state index in [1.54, 1.807) is 31.2 Å². The highest BCUT2D eigenvalue weighted by Gasteiger charge is 2.25. The van der Waals surface area contributed by atoms with Crippen molar-refractivity contribution < 1.29 is 27.8 Å². The summed E-state index contributed by atoms with van der Waals surface area (Å²) in [6, 6.07) is 8.07. The van der Waals surface area contributed by atoms with Crippen molar-refractivity contribution in [1.82, 2.24) is 5.32 Å². The molecule has 0 aliphatic rings. The molecule has 5 nitrogen and oxygen atoms in total. The molecule has 0 fully saturated rings. The second kappa shape index (κ2) is 7.43. The summed E-state index contributed by atoms with van der Waals surface area (Å²) in [7, 11) is 1.38. The molecule has 0 spiro atoms. The van der Waals surface area contributed by atoms with Crippen molar-refractivity contribution in [3.05, 3.63) is 47.9 Å². The van der Waals surface area contributed by atoms with Gasteiger partial charge >= 0.3 is 6.61 Å². The third kappa shape index (κ3) is 4.67. The van der Waals surface area contributed by atoms with E-state index in [1.165, 1.54) is 19.4 Å². The lowest BCUT2D eigenvalue weighted by Crippen LogP contribution is -2.34. The van der Waals surface area contributed by atoms with Crippen LogP contribution < -0.4 is 14.8 Å². The van der Waals surface area contributed by atoms with Crippen LogP contribution in [0.5, 0.6) is 11.5 Å². The maximum absolute atomic E-state index is 12.3. The largest absolute Gasteiger partial charge is 0.493 e. The third-order valence-electron chi connectivity index (χ3n) is 3.29. The van der Waals surface area contributed by atoms with Crippen molar-refractivity contribution in [2.45, 2.75) is 25.7 Å². The number of hydrogen-bond acceptors (Lipinski definition) is 5. The molecule has 1 aromatic carbocycles. The molecule has 0 radical (unpaired) electrons. The van der Waals surface area contributed by atoms with Gasteiger partial charge in [0.25, 0.3) is 0 Å². The van der Waals surface area contributed by atoms with Gasteiger partial charge in [-0.3, -0.25) is 0 Å². The number of nitrogens with one attached hydrogen (secondary N) is 1. The van der Waals surface area contributed by atoms with Crippen LogP contribution in [-0.4, -0.2) is 25.4 Å². The highest BCUT2D eigenvalue weighted by molar-refractivity contribution is 5.43. The van der Waals surface area contributed by atoms with Crippen LogP contribution in [-0.2, 0) is 12.1 Å². The Morgan fingerprint density at radius 1 is 1.30 bits per heavy atom. The number of halogens is 2. The van der Waals surface area contributed by atoms with Gasteiger partial charge in [0, 0.05) is 13.1 Å². The highest BCUT2D eigenvalue weighted by atomic mass is 19.3. The van der Waals surface area contributed by atoms with Gasteiger partial charge in [0.15, 0.2) is 11.5 Å². The zero-order valence-electron chi connectivity index (χ0n) is 12.9. The number of hydrogen-bond donors (Lipinski definition) is 2. The van der Waals surface area contributed by atoms with E-state index in [0.29, 0.717) is 12.3 Å². The predicted molar refractivity (Wildman–Crippen MR) is 79.6 cm³/mol. The van der Waals surface area contributed by atoms with Crippen LogP contribution in [0, 0.1) is 0 Å². The molecule has 23 heavy (non-hydrogen) atoms. The molecule has 7 heteroatoms. The molecule has 0 aliphatic heterocycles. The number of furan rings is 1. The van der Waals surface area contributed by atoms with E-state index in [4.69, 9.17) is 9.15 Å². The van der Waals surface area contributed by atoms with Crippen molar-refractivity contribution in [3.63, 3.8) is 0 Å². The minimum Gasteiger partial charge on any atom is -0.493 e. The highest BCUT2D eigenvalue weighted by Crippen LogP contribution is 2.29. The van der Waals surface area contributed by atoms with Crippen molar-refractivity contribution in [2.75, 3.05) is 13.7 Å². The molecule has 0 saturated heterocycles. The van der Waals surface area contributed by atoms with Crippen molar-refractivity contribution in [1.29, 1.82) is 0 Å². The lowest BCUT2D eigenvalue weighted by molar-refractivity contribution is -0.0512. The zero-order chi connectivity index (χ0) is 16.9. The standard InChI is InChI=1S/C16H19F2NO4/c1-16(20,14-4-3-7-22-14)10-19-9-11-5-6-12(23-15(17)18)13(8-11)21-2/h3-8,15,19-20H,9-10H2,1-2H3. The van der Waals surface area contributed by atoms with E-state index in [9.17, 15) is 13.9 Å². The first-order valence-electron chi connectivity index (χ1n) is 7.01. The van der Waals surface area contributed by atoms with E-state index in [0.717, 1.165) is 5.56 Å². The molecular weight excluding hydrogens is 308 g/mol. The number of benzene rings is 1. The van der Waals surface area contributed by atoms with Gasteiger partial charge in [-0.25, -0.2) is 0 Å². The maximum atomic E-state index is 12.3. The molecular formula is C16H19F2NO4. The predicted octanol–water partition coefficient (Wildman–Crippen LogP) is 2.89. The lowest BCUT2D eigenvalue weighted by Gasteiger charge is -2.21. The van der Waals surface area contributed by atoms with E-state index in [2.05, 4.69) is 10.1 Å². The average molecular weight is 327 g/mol. The SMILES string of the molecule is COc1cc(CNCC(C)(O)c2ccco2)ccc1OC(F)F.